The van der Waals surface area contributed by atoms with E-state index in [1.807, 2.05) is 54.6 Å². The smallest absolute Gasteiger partial charge is 0.236 e. The number of hydrogen-bond acceptors (Lipinski definition) is 4. The number of fused-ring (bicyclic) bond motifs is 1. The van der Waals surface area contributed by atoms with Crippen LogP contribution >= 0.6 is 0 Å². The van der Waals surface area contributed by atoms with Gasteiger partial charge in [0.1, 0.15) is 5.82 Å². The van der Waals surface area contributed by atoms with Gasteiger partial charge in [0, 0.05) is 26.4 Å². The summed E-state index contributed by atoms with van der Waals surface area (Å²) in [6.07, 6.45) is 6.74. The minimum Gasteiger partial charge on any atom is -0.396 e. The first-order valence-corrected chi connectivity index (χ1v) is 6.51. The van der Waals surface area contributed by atoms with Crippen molar-refractivity contribution in [2.75, 3.05) is 25.1 Å². The number of aliphatic hydroxyl groups excluding tert-OH is 1. The number of imidazole rings is 1. The highest BCUT2D eigenvalue weighted by atomic mass is 16.3. The summed E-state index contributed by atoms with van der Waals surface area (Å²) in [6, 6.07) is 1.97. The van der Waals surface area contributed by atoms with Crippen LogP contribution in [0.25, 0.3) is 17.9 Å². The number of hydrogen-bond donors (Lipinski definition) is 1. The molecule has 1 N–H and O–H groups in total. The van der Waals surface area contributed by atoms with Gasteiger partial charge in [-0.15, -0.1) is 0 Å². The zero-order valence-electron chi connectivity index (χ0n) is 11.7. The molecule has 2 aromatic rings. The Hall–Kier alpha value is -1.88. The van der Waals surface area contributed by atoms with Crippen LogP contribution in [0, 0.1) is 0 Å². The summed E-state index contributed by atoms with van der Waals surface area (Å²) in [5, 5.41) is 10.9. The SMILES string of the molecule is CC=c1nc2nc(N(C)CCCO)ccn2c1=CC. The van der Waals surface area contributed by atoms with E-state index in [4.69, 9.17) is 5.11 Å². The van der Waals surface area contributed by atoms with E-state index in [-0.39, 0.29) is 6.61 Å². The maximum Gasteiger partial charge on any atom is 0.236 e. The van der Waals surface area contributed by atoms with Crippen molar-refractivity contribution in [2.45, 2.75) is 20.3 Å². The highest BCUT2D eigenvalue weighted by Crippen LogP contribution is 2.08. The van der Waals surface area contributed by atoms with Gasteiger partial charge in [-0.3, -0.25) is 4.40 Å². The van der Waals surface area contributed by atoms with E-state index >= 15 is 0 Å². The van der Waals surface area contributed by atoms with Gasteiger partial charge < -0.3 is 10.0 Å². The third-order valence-corrected chi connectivity index (χ3v) is 3.13. The van der Waals surface area contributed by atoms with Crippen molar-refractivity contribution in [2.24, 2.45) is 0 Å². The Morgan fingerprint density at radius 1 is 1.32 bits per heavy atom. The zero-order chi connectivity index (χ0) is 13.8. The van der Waals surface area contributed by atoms with Crippen LogP contribution in [0.2, 0.25) is 0 Å². The number of nitrogens with zero attached hydrogens (tertiary/aromatic N) is 4. The van der Waals surface area contributed by atoms with Gasteiger partial charge in [0.25, 0.3) is 0 Å². The minimum absolute atomic E-state index is 0.194. The topological polar surface area (TPSA) is 53.7 Å². The molecule has 0 spiro atoms. The van der Waals surface area contributed by atoms with Gasteiger partial charge in [0.2, 0.25) is 5.78 Å². The van der Waals surface area contributed by atoms with Gasteiger partial charge in [0.15, 0.2) is 0 Å². The monoisotopic (exact) mass is 260 g/mol. The summed E-state index contributed by atoms with van der Waals surface area (Å²) in [5.74, 6) is 1.57. The fourth-order valence-corrected chi connectivity index (χ4v) is 2.09. The molecule has 5 heteroatoms. The lowest BCUT2D eigenvalue weighted by Gasteiger charge is -2.17. The predicted octanol–water partition coefficient (Wildman–Crippen LogP) is 0.149. The second kappa shape index (κ2) is 5.84. The molecular weight excluding hydrogens is 240 g/mol. The largest absolute Gasteiger partial charge is 0.396 e. The fourth-order valence-electron chi connectivity index (χ4n) is 2.09. The maximum atomic E-state index is 8.87. The molecular formula is C14H20N4O. The Morgan fingerprint density at radius 2 is 2.11 bits per heavy atom. The van der Waals surface area contributed by atoms with E-state index in [0.717, 1.165) is 29.5 Å². The van der Waals surface area contributed by atoms with E-state index in [1.54, 1.807) is 0 Å². The van der Waals surface area contributed by atoms with Crippen LogP contribution in [-0.2, 0) is 0 Å². The highest BCUT2D eigenvalue weighted by molar-refractivity contribution is 5.45. The summed E-state index contributed by atoms with van der Waals surface area (Å²) in [4.78, 5) is 11.1. The standard InChI is InChI=1S/C14H20N4O/c1-4-11-12(5-2)18-9-7-13(16-14(18)15-11)17(3)8-6-10-19/h4-5,7,9,19H,6,8,10H2,1-3H3. The lowest BCUT2D eigenvalue weighted by molar-refractivity contribution is 0.290. The molecule has 0 saturated heterocycles. The van der Waals surface area contributed by atoms with Crippen molar-refractivity contribution in [3.8, 4) is 0 Å². The summed E-state index contributed by atoms with van der Waals surface area (Å²) in [5.41, 5.74) is 0. The van der Waals surface area contributed by atoms with Crippen LogP contribution in [0.5, 0.6) is 0 Å². The van der Waals surface area contributed by atoms with Crippen LogP contribution in [-0.4, -0.2) is 39.7 Å². The zero-order valence-corrected chi connectivity index (χ0v) is 11.7. The molecule has 102 valence electrons. The number of anilines is 1. The van der Waals surface area contributed by atoms with E-state index in [9.17, 15) is 0 Å². The van der Waals surface area contributed by atoms with Crippen molar-refractivity contribution < 1.29 is 5.11 Å². The summed E-state index contributed by atoms with van der Waals surface area (Å²) >= 11 is 0. The van der Waals surface area contributed by atoms with Gasteiger partial charge in [0.05, 0.1) is 10.7 Å². The van der Waals surface area contributed by atoms with E-state index in [2.05, 4.69) is 9.97 Å². The normalized spacial score (nSPS) is 13.5. The van der Waals surface area contributed by atoms with Crippen LogP contribution in [0.1, 0.15) is 20.3 Å². The van der Waals surface area contributed by atoms with Gasteiger partial charge in [-0.25, -0.2) is 4.98 Å². The minimum atomic E-state index is 0.194. The molecule has 0 unspecified atom stereocenters. The molecule has 0 aliphatic heterocycles. The molecule has 2 aromatic heterocycles. The Morgan fingerprint density at radius 3 is 2.74 bits per heavy atom. The Labute approximate surface area is 112 Å². The first kappa shape index (κ1) is 13.5. The molecule has 0 amide bonds. The first-order chi connectivity index (χ1) is 9.21. The van der Waals surface area contributed by atoms with Crippen molar-refractivity contribution in [3.63, 3.8) is 0 Å². The molecule has 0 aliphatic rings. The average molecular weight is 260 g/mol. The van der Waals surface area contributed by atoms with Crippen molar-refractivity contribution in [3.05, 3.63) is 23.0 Å². The van der Waals surface area contributed by atoms with Crippen molar-refractivity contribution >= 4 is 23.7 Å². The molecule has 0 atom stereocenters. The lowest BCUT2D eigenvalue weighted by Crippen LogP contribution is -2.26. The Kier molecular flexibility index (Phi) is 4.16. The van der Waals surface area contributed by atoms with Gasteiger partial charge in [-0.1, -0.05) is 12.2 Å². The van der Waals surface area contributed by atoms with Gasteiger partial charge >= 0.3 is 0 Å². The molecule has 2 heterocycles. The van der Waals surface area contributed by atoms with E-state index < -0.39 is 0 Å². The first-order valence-electron chi connectivity index (χ1n) is 6.51. The van der Waals surface area contributed by atoms with Crippen LogP contribution in [0.3, 0.4) is 0 Å². The highest BCUT2D eigenvalue weighted by Gasteiger charge is 2.06. The fraction of sp³-hybridized carbons (Fsp3) is 0.429. The second-order valence-electron chi connectivity index (χ2n) is 4.41. The van der Waals surface area contributed by atoms with Crippen LogP contribution in [0.15, 0.2) is 12.3 Å². The number of aliphatic hydroxyl groups is 1. The third kappa shape index (κ3) is 2.61. The van der Waals surface area contributed by atoms with Gasteiger partial charge in [-0.2, -0.15) is 4.98 Å². The molecule has 2 rings (SSSR count). The van der Waals surface area contributed by atoms with E-state index in [1.165, 1.54) is 0 Å². The Bertz CT molecular complexity index is 675. The summed E-state index contributed by atoms with van der Waals surface area (Å²) in [7, 11) is 1.97. The molecule has 0 aromatic carbocycles. The third-order valence-electron chi connectivity index (χ3n) is 3.13. The average Bonchev–Trinajstić information content (AvgIpc) is 2.81. The summed E-state index contributed by atoms with van der Waals surface area (Å²) < 4.78 is 1.98. The Balaban J connectivity index is 2.48. The van der Waals surface area contributed by atoms with Crippen molar-refractivity contribution in [1.82, 2.24) is 14.4 Å². The van der Waals surface area contributed by atoms with Crippen molar-refractivity contribution in [1.29, 1.82) is 0 Å². The number of aromatic nitrogens is 3. The molecule has 0 saturated carbocycles. The maximum absolute atomic E-state index is 8.87. The second-order valence-corrected chi connectivity index (χ2v) is 4.41. The quantitative estimate of drug-likeness (QED) is 0.850. The molecule has 5 nitrogen and oxygen atoms in total. The molecule has 0 aliphatic carbocycles. The van der Waals surface area contributed by atoms with Crippen LogP contribution < -0.4 is 15.6 Å². The lowest BCUT2D eigenvalue weighted by atomic mass is 10.4. The predicted molar refractivity (Wildman–Crippen MR) is 77.5 cm³/mol. The molecule has 0 fully saturated rings. The van der Waals surface area contributed by atoms with Crippen LogP contribution in [0.4, 0.5) is 5.82 Å². The summed E-state index contributed by atoms with van der Waals surface area (Å²) in [6.45, 7) is 4.94. The van der Waals surface area contributed by atoms with E-state index in [0.29, 0.717) is 5.78 Å². The van der Waals surface area contributed by atoms with Gasteiger partial charge in [-0.05, 0) is 26.3 Å². The number of rotatable bonds is 4. The molecule has 0 radical (unpaired) electrons. The molecule has 19 heavy (non-hydrogen) atoms. The molecule has 0 bridgehead atoms.